The third kappa shape index (κ3) is 3.18. The van der Waals surface area contributed by atoms with Crippen molar-refractivity contribution < 1.29 is 4.79 Å². The van der Waals surface area contributed by atoms with E-state index in [1.165, 1.54) is 0 Å². The van der Waals surface area contributed by atoms with Crippen LogP contribution in [0, 0.1) is 5.92 Å². The van der Waals surface area contributed by atoms with Gasteiger partial charge in [-0.15, -0.1) is 0 Å². The second kappa shape index (κ2) is 5.10. The summed E-state index contributed by atoms with van der Waals surface area (Å²) in [6, 6.07) is 2.38. The number of rotatable bonds is 5. The molecular weight excluding hydrogens is 188 g/mol. The molecule has 3 nitrogen and oxygen atoms in total. The molecule has 0 aliphatic carbocycles. The Hall–Kier alpha value is -1.12. The van der Waals surface area contributed by atoms with Gasteiger partial charge in [0.25, 0.3) is 0 Å². The first kappa shape index (κ1) is 12.0. The topological polar surface area (TPSA) is 34.9 Å². The second-order valence-corrected chi connectivity index (χ2v) is 4.31. The van der Waals surface area contributed by atoms with E-state index in [0.29, 0.717) is 18.2 Å². The van der Waals surface area contributed by atoms with Crippen LogP contribution in [-0.4, -0.2) is 15.6 Å². The molecule has 1 unspecified atom stereocenters. The van der Waals surface area contributed by atoms with E-state index in [1.807, 2.05) is 30.8 Å². The van der Waals surface area contributed by atoms with Crippen LogP contribution in [0.5, 0.6) is 0 Å². The lowest BCUT2D eigenvalue weighted by molar-refractivity contribution is -0.122. The average molecular weight is 208 g/mol. The van der Waals surface area contributed by atoms with Crippen LogP contribution in [-0.2, 0) is 11.2 Å². The van der Waals surface area contributed by atoms with Gasteiger partial charge in [0.2, 0.25) is 0 Å². The van der Waals surface area contributed by atoms with Crippen LogP contribution in [0.25, 0.3) is 0 Å². The van der Waals surface area contributed by atoms with E-state index in [2.05, 4.69) is 18.9 Å². The lowest BCUT2D eigenvalue weighted by atomic mass is 9.99. The van der Waals surface area contributed by atoms with Crippen LogP contribution in [0.15, 0.2) is 12.3 Å². The van der Waals surface area contributed by atoms with Crippen molar-refractivity contribution in [3.63, 3.8) is 0 Å². The van der Waals surface area contributed by atoms with Gasteiger partial charge in [-0.05, 0) is 19.9 Å². The largest absolute Gasteiger partial charge is 0.299 e. The summed E-state index contributed by atoms with van der Waals surface area (Å²) in [5.41, 5.74) is 1.01. The zero-order valence-electron chi connectivity index (χ0n) is 10.0. The highest BCUT2D eigenvalue weighted by molar-refractivity contribution is 5.80. The number of carbonyl (C=O) groups is 1. The summed E-state index contributed by atoms with van der Waals surface area (Å²) in [7, 11) is 0. The Balaban J connectivity index is 2.61. The summed E-state index contributed by atoms with van der Waals surface area (Å²) >= 11 is 0. The van der Waals surface area contributed by atoms with Crippen molar-refractivity contribution in [2.45, 2.75) is 46.6 Å². The van der Waals surface area contributed by atoms with Crippen LogP contribution < -0.4 is 0 Å². The highest BCUT2D eigenvalue weighted by Gasteiger charge is 2.13. The van der Waals surface area contributed by atoms with E-state index in [0.717, 1.165) is 12.1 Å². The number of aromatic nitrogens is 2. The molecule has 0 radical (unpaired) electrons. The fourth-order valence-electron chi connectivity index (χ4n) is 1.55. The number of carbonyl (C=O) groups excluding carboxylic acids is 1. The van der Waals surface area contributed by atoms with Crippen molar-refractivity contribution in [3.8, 4) is 0 Å². The molecule has 0 bridgehead atoms. The molecule has 0 saturated heterocycles. The van der Waals surface area contributed by atoms with Crippen molar-refractivity contribution in [2.24, 2.45) is 5.92 Å². The molecule has 0 aliphatic rings. The van der Waals surface area contributed by atoms with Crippen molar-refractivity contribution in [1.29, 1.82) is 0 Å². The smallest absolute Gasteiger partial charge is 0.135 e. The number of hydrogen-bond donors (Lipinski definition) is 0. The molecule has 0 N–H and O–H groups in total. The molecule has 0 saturated carbocycles. The Labute approximate surface area is 91.5 Å². The molecule has 1 aromatic rings. The van der Waals surface area contributed by atoms with Gasteiger partial charge in [-0.25, -0.2) is 0 Å². The zero-order chi connectivity index (χ0) is 11.4. The lowest BCUT2D eigenvalue weighted by Gasteiger charge is -2.07. The molecule has 0 aromatic carbocycles. The molecule has 1 heterocycles. The predicted octanol–water partition coefficient (Wildman–Crippen LogP) is 2.62. The van der Waals surface area contributed by atoms with Crippen LogP contribution >= 0.6 is 0 Å². The van der Waals surface area contributed by atoms with Gasteiger partial charge in [0, 0.05) is 31.0 Å². The van der Waals surface area contributed by atoms with E-state index < -0.39 is 0 Å². The minimum absolute atomic E-state index is 0.0884. The maximum Gasteiger partial charge on any atom is 0.135 e. The Morgan fingerprint density at radius 3 is 2.60 bits per heavy atom. The van der Waals surface area contributed by atoms with Gasteiger partial charge >= 0.3 is 0 Å². The molecule has 1 rings (SSSR count). The number of nitrogens with zero attached hydrogens (tertiary/aromatic N) is 2. The minimum Gasteiger partial charge on any atom is -0.299 e. The Bertz CT molecular complexity index is 328. The Morgan fingerprint density at radius 1 is 1.47 bits per heavy atom. The van der Waals surface area contributed by atoms with Crippen LogP contribution in [0.4, 0.5) is 0 Å². The van der Waals surface area contributed by atoms with Gasteiger partial charge in [0.1, 0.15) is 5.78 Å². The third-order valence-corrected chi connectivity index (χ3v) is 2.61. The van der Waals surface area contributed by atoms with E-state index in [4.69, 9.17) is 0 Å². The Kier molecular flexibility index (Phi) is 4.06. The van der Waals surface area contributed by atoms with Crippen molar-refractivity contribution in [1.82, 2.24) is 9.78 Å². The molecule has 0 spiro atoms. The van der Waals surface area contributed by atoms with Crippen molar-refractivity contribution in [3.05, 3.63) is 18.0 Å². The van der Waals surface area contributed by atoms with Crippen molar-refractivity contribution in [2.75, 3.05) is 0 Å². The summed E-state index contributed by atoms with van der Waals surface area (Å²) in [5, 5.41) is 4.43. The van der Waals surface area contributed by atoms with Crippen LogP contribution in [0.1, 0.15) is 45.9 Å². The van der Waals surface area contributed by atoms with Gasteiger partial charge in [0.15, 0.2) is 0 Å². The fourth-order valence-corrected chi connectivity index (χ4v) is 1.55. The monoisotopic (exact) mass is 208 g/mol. The van der Waals surface area contributed by atoms with E-state index in [9.17, 15) is 4.79 Å². The summed E-state index contributed by atoms with van der Waals surface area (Å²) in [4.78, 5) is 11.4. The maximum atomic E-state index is 11.4. The fraction of sp³-hybridized carbons (Fsp3) is 0.667. The first-order valence-corrected chi connectivity index (χ1v) is 5.61. The van der Waals surface area contributed by atoms with E-state index in [1.54, 1.807) is 0 Å². The summed E-state index contributed by atoms with van der Waals surface area (Å²) in [6.07, 6.45) is 3.35. The Morgan fingerprint density at radius 2 is 2.13 bits per heavy atom. The maximum absolute atomic E-state index is 11.4. The molecule has 84 valence electrons. The SMILES string of the molecule is CCC(=O)C(C)Cc1ccn(C(C)C)n1. The molecule has 15 heavy (non-hydrogen) atoms. The molecule has 3 heteroatoms. The highest BCUT2D eigenvalue weighted by atomic mass is 16.1. The van der Waals surface area contributed by atoms with E-state index >= 15 is 0 Å². The standard InChI is InChI=1S/C12H20N2O/c1-5-12(15)10(4)8-11-6-7-14(13-11)9(2)3/h6-7,9-10H,5,8H2,1-4H3. The molecule has 1 aromatic heterocycles. The molecule has 0 aliphatic heterocycles. The van der Waals surface area contributed by atoms with Gasteiger partial charge in [-0.1, -0.05) is 13.8 Å². The molecule has 0 fully saturated rings. The molecule has 0 amide bonds. The summed E-state index contributed by atoms with van der Waals surface area (Å²) < 4.78 is 1.93. The quantitative estimate of drug-likeness (QED) is 0.745. The number of hydrogen-bond acceptors (Lipinski definition) is 2. The number of ketones is 1. The first-order chi connectivity index (χ1) is 7.04. The zero-order valence-corrected chi connectivity index (χ0v) is 10.0. The minimum atomic E-state index is 0.0884. The molecular formula is C12H20N2O. The molecule has 1 atom stereocenters. The summed E-state index contributed by atoms with van der Waals surface area (Å²) in [5.74, 6) is 0.402. The van der Waals surface area contributed by atoms with Crippen molar-refractivity contribution >= 4 is 5.78 Å². The van der Waals surface area contributed by atoms with Gasteiger partial charge in [-0.3, -0.25) is 9.48 Å². The van der Waals surface area contributed by atoms with Gasteiger partial charge in [-0.2, -0.15) is 5.10 Å². The lowest BCUT2D eigenvalue weighted by Crippen LogP contribution is -2.13. The van der Waals surface area contributed by atoms with E-state index in [-0.39, 0.29) is 5.92 Å². The highest BCUT2D eigenvalue weighted by Crippen LogP contribution is 2.11. The summed E-state index contributed by atoms with van der Waals surface area (Å²) in [6.45, 7) is 8.07. The second-order valence-electron chi connectivity index (χ2n) is 4.31. The number of Topliss-reactive ketones (excluding diaryl/α,β-unsaturated/α-hetero) is 1. The van der Waals surface area contributed by atoms with Gasteiger partial charge in [0.05, 0.1) is 5.69 Å². The van der Waals surface area contributed by atoms with Crippen LogP contribution in [0.2, 0.25) is 0 Å². The normalized spacial score (nSPS) is 13.1. The predicted molar refractivity (Wildman–Crippen MR) is 60.8 cm³/mol. The van der Waals surface area contributed by atoms with Gasteiger partial charge < -0.3 is 0 Å². The third-order valence-electron chi connectivity index (χ3n) is 2.61. The average Bonchev–Trinajstić information content (AvgIpc) is 2.65. The van der Waals surface area contributed by atoms with Crippen LogP contribution in [0.3, 0.4) is 0 Å². The first-order valence-electron chi connectivity index (χ1n) is 5.61.